The molecule has 1 nitrogen and oxygen atoms in total. The van der Waals surface area contributed by atoms with Crippen LogP contribution in [-0.4, -0.2) is 6.54 Å². The van der Waals surface area contributed by atoms with Crippen LogP contribution in [0.5, 0.6) is 0 Å². The molecule has 0 saturated heterocycles. The van der Waals surface area contributed by atoms with E-state index >= 15 is 0 Å². The lowest BCUT2D eigenvalue weighted by atomic mass is 9.76. The van der Waals surface area contributed by atoms with Crippen LogP contribution < -0.4 is 5.73 Å². The Morgan fingerprint density at radius 2 is 2.29 bits per heavy atom. The van der Waals surface area contributed by atoms with E-state index in [0.717, 1.165) is 18.4 Å². The fourth-order valence-corrected chi connectivity index (χ4v) is 2.46. The van der Waals surface area contributed by atoms with Crippen molar-refractivity contribution in [3.05, 3.63) is 35.1 Å². The second kappa shape index (κ2) is 3.70. The van der Waals surface area contributed by atoms with Crippen LogP contribution in [0.3, 0.4) is 0 Å². The maximum Gasteiger partial charge on any atom is 0.126 e. The lowest BCUT2D eigenvalue weighted by Crippen LogP contribution is -2.26. The van der Waals surface area contributed by atoms with Gasteiger partial charge in [0.15, 0.2) is 0 Å². The number of rotatable bonds is 1. The van der Waals surface area contributed by atoms with Crippen molar-refractivity contribution in [1.29, 1.82) is 0 Å². The van der Waals surface area contributed by atoms with Gasteiger partial charge in [-0.3, -0.25) is 0 Å². The van der Waals surface area contributed by atoms with Crippen LogP contribution in [0.2, 0.25) is 0 Å². The van der Waals surface area contributed by atoms with Crippen molar-refractivity contribution in [3.8, 4) is 0 Å². The third-order valence-corrected chi connectivity index (χ3v) is 3.39. The number of halogens is 1. The Balaban J connectivity index is 2.43. The molecular weight excluding hydrogens is 177 g/mol. The number of benzene rings is 1. The summed E-state index contributed by atoms with van der Waals surface area (Å²) < 4.78 is 13.6. The lowest BCUT2D eigenvalue weighted by Gasteiger charge is -2.30. The molecule has 2 N–H and O–H groups in total. The summed E-state index contributed by atoms with van der Waals surface area (Å²) >= 11 is 0. The highest BCUT2D eigenvalue weighted by atomic mass is 19.1. The van der Waals surface area contributed by atoms with E-state index in [1.54, 1.807) is 12.1 Å². The third kappa shape index (κ3) is 1.44. The van der Waals surface area contributed by atoms with E-state index in [2.05, 4.69) is 6.92 Å². The maximum atomic E-state index is 13.6. The van der Waals surface area contributed by atoms with Gasteiger partial charge in [-0.1, -0.05) is 19.1 Å². The van der Waals surface area contributed by atoms with Crippen LogP contribution in [0, 0.1) is 11.7 Å². The first-order chi connectivity index (χ1) is 6.74. The Hall–Kier alpha value is -0.890. The Bertz CT molecular complexity index is 335. The van der Waals surface area contributed by atoms with Crippen molar-refractivity contribution in [2.24, 2.45) is 11.7 Å². The second-order valence-corrected chi connectivity index (χ2v) is 4.14. The molecule has 2 heteroatoms. The monoisotopic (exact) mass is 193 g/mol. The Morgan fingerprint density at radius 1 is 1.50 bits per heavy atom. The zero-order chi connectivity index (χ0) is 10.1. The Morgan fingerprint density at radius 3 is 3.00 bits per heavy atom. The minimum Gasteiger partial charge on any atom is -0.330 e. The van der Waals surface area contributed by atoms with Crippen LogP contribution >= 0.6 is 0 Å². The predicted octanol–water partition coefficient (Wildman–Crippen LogP) is 2.45. The first-order valence-electron chi connectivity index (χ1n) is 5.21. The maximum absolute atomic E-state index is 13.6. The van der Waals surface area contributed by atoms with E-state index in [9.17, 15) is 4.39 Å². The highest BCUT2D eigenvalue weighted by molar-refractivity contribution is 5.34. The Kier molecular flexibility index (Phi) is 2.55. The first kappa shape index (κ1) is 9.66. The molecule has 1 aromatic rings. The van der Waals surface area contributed by atoms with Gasteiger partial charge in [0.2, 0.25) is 0 Å². The third-order valence-electron chi connectivity index (χ3n) is 3.39. The van der Waals surface area contributed by atoms with Crippen LogP contribution in [0.4, 0.5) is 4.39 Å². The van der Waals surface area contributed by atoms with Gasteiger partial charge in [0, 0.05) is 0 Å². The molecule has 14 heavy (non-hydrogen) atoms. The largest absolute Gasteiger partial charge is 0.330 e. The SMILES string of the molecule is CC1c2c(F)cccc2CCC1CN. The van der Waals surface area contributed by atoms with Gasteiger partial charge >= 0.3 is 0 Å². The van der Waals surface area contributed by atoms with Gasteiger partial charge in [0.25, 0.3) is 0 Å². The fraction of sp³-hybridized carbons (Fsp3) is 0.500. The molecule has 2 unspecified atom stereocenters. The first-order valence-corrected chi connectivity index (χ1v) is 5.21. The van der Waals surface area contributed by atoms with Gasteiger partial charge in [-0.25, -0.2) is 4.39 Å². The molecule has 0 bridgehead atoms. The lowest BCUT2D eigenvalue weighted by molar-refractivity contribution is 0.387. The molecule has 0 fully saturated rings. The molecule has 0 radical (unpaired) electrons. The molecule has 0 aliphatic heterocycles. The number of fused-ring (bicyclic) bond motifs is 1. The number of hydrogen-bond acceptors (Lipinski definition) is 1. The smallest absolute Gasteiger partial charge is 0.126 e. The zero-order valence-corrected chi connectivity index (χ0v) is 8.46. The van der Waals surface area contributed by atoms with Crippen molar-refractivity contribution >= 4 is 0 Å². The van der Waals surface area contributed by atoms with Crippen molar-refractivity contribution in [2.75, 3.05) is 6.54 Å². The Labute approximate surface area is 84.1 Å². The van der Waals surface area contributed by atoms with E-state index in [1.807, 2.05) is 6.07 Å². The average Bonchev–Trinajstić information content (AvgIpc) is 2.18. The zero-order valence-electron chi connectivity index (χ0n) is 8.46. The summed E-state index contributed by atoms with van der Waals surface area (Å²) in [6.07, 6.45) is 2.06. The predicted molar refractivity (Wildman–Crippen MR) is 55.7 cm³/mol. The van der Waals surface area contributed by atoms with Gasteiger partial charge in [0.05, 0.1) is 0 Å². The molecule has 2 atom stereocenters. The fourth-order valence-electron chi connectivity index (χ4n) is 2.46. The van der Waals surface area contributed by atoms with Gasteiger partial charge in [-0.15, -0.1) is 0 Å². The number of nitrogens with two attached hydrogens (primary N) is 1. The molecule has 76 valence electrons. The molecular formula is C12H16FN. The molecule has 0 spiro atoms. The van der Waals surface area contributed by atoms with Gasteiger partial charge < -0.3 is 5.73 Å². The van der Waals surface area contributed by atoms with E-state index in [0.29, 0.717) is 12.5 Å². The minimum absolute atomic E-state index is 0.0619. The normalized spacial score (nSPS) is 25.9. The molecule has 2 rings (SSSR count). The number of hydrogen-bond donors (Lipinski definition) is 1. The number of aryl methyl sites for hydroxylation is 1. The van der Waals surface area contributed by atoms with Crippen molar-refractivity contribution < 1.29 is 4.39 Å². The summed E-state index contributed by atoms with van der Waals surface area (Å²) in [5.74, 6) is 0.650. The molecule has 1 aliphatic carbocycles. The van der Waals surface area contributed by atoms with Crippen LogP contribution in [0.15, 0.2) is 18.2 Å². The van der Waals surface area contributed by atoms with Crippen molar-refractivity contribution in [1.82, 2.24) is 0 Å². The van der Waals surface area contributed by atoms with Crippen LogP contribution in [0.25, 0.3) is 0 Å². The van der Waals surface area contributed by atoms with Crippen LogP contribution in [0.1, 0.15) is 30.4 Å². The summed E-state index contributed by atoms with van der Waals surface area (Å²) in [6, 6.07) is 5.37. The molecule has 0 aromatic heterocycles. The summed E-state index contributed by atoms with van der Waals surface area (Å²) in [6.45, 7) is 2.74. The van der Waals surface area contributed by atoms with E-state index in [4.69, 9.17) is 5.73 Å². The molecule has 1 aliphatic rings. The van der Waals surface area contributed by atoms with E-state index < -0.39 is 0 Å². The van der Waals surface area contributed by atoms with Crippen LogP contribution in [-0.2, 0) is 6.42 Å². The molecule has 0 amide bonds. The second-order valence-electron chi connectivity index (χ2n) is 4.14. The topological polar surface area (TPSA) is 26.0 Å². The van der Waals surface area contributed by atoms with Gasteiger partial charge in [-0.2, -0.15) is 0 Å². The molecule has 0 heterocycles. The summed E-state index contributed by atoms with van der Waals surface area (Å²) in [4.78, 5) is 0. The average molecular weight is 193 g/mol. The summed E-state index contributed by atoms with van der Waals surface area (Å²) in [5, 5.41) is 0. The molecule has 0 saturated carbocycles. The van der Waals surface area contributed by atoms with Crippen molar-refractivity contribution in [2.45, 2.75) is 25.7 Å². The van der Waals surface area contributed by atoms with E-state index in [-0.39, 0.29) is 11.7 Å². The summed E-state index contributed by atoms with van der Waals surface area (Å²) in [7, 11) is 0. The van der Waals surface area contributed by atoms with Gasteiger partial charge in [0.1, 0.15) is 5.82 Å². The van der Waals surface area contributed by atoms with Crippen molar-refractivity contribution in [3.63, 3.8) is 0 Å². The van der Waals surface area contributed by atoms with Gasteiger partial charge in [-0.05, 0) is 48.4 Å². The highest BCUT2D eigenvalue weighted by Gasteiger charge is 2.27. The standard InChI is InChI=1S/C12H16FN/c1-8-10(7-14)6-5-9-3-2-4-11(13)12(8)9/h2-4,8,10H,5-7,14H2,1H3. The molecule has 1 aromatic carbocycles. The van der Waals surface area contributed by atoms with E-state index in [1.165, 1.54) is 5.56 Å². The highest BCUT2D eigenvalue weighted by Crippen LogP contribution is 2.36. The summed E-state index contributed by atoms with van der Waals surface area (Å²) in [5.41, 5.74) is 7.74. The minimum atomic E-state index is -0.0619. The quantitative estimate of drug-likeness (QED) is 0.728.